The molecule has 0 saturated carbocycles. The Morgan fingerprint density at radius 2 is 2.10 bits per heavy atom. The lowest BCUT2D eigenvalue weighted by Crippen LogP contribution is -2.21. The number of nitrogens with zero attached hydrogens (tertiary/aromatic N) is 1. The van der Waals surface area contributed by atoms with Crippen LogP contribution >= 0.6 is 11.6 Å². The number of Topliss-reactive ketones (excluding diaryl/α,β-unsaturated/α-hetero) is 1. The van der Waals surface area contributed by atoms with E-state index in [-0.39, 0.29) is 10.6 Å². The van der Waals surface area contributed by atoms with Crippen LogP contribution in [-0.2, 0) is 6.42 Å². The van der Waals surface area contributed by atoms with Gasteiger partial charge in [0.1, 0.15) is 11.6 Å². The summed E-state index contributed by atoms with van der Waals surface area (Å²) in [7, 11) is 0. The molecule has 2 nitrogen and oxygen atoms in total. The molecular formula is C16H12ClF2NO. The maximum absolute atomic E-state index is 13.9. The van der Waals surface area contributed by atoms with E-state index in [1.54, 1.807) is 6.20 Å². The molecule has 1 aliphatic carbocycles. The average molecular weight is 308 g/mol. The summed E-state index contributed by atoms with van der Waals surface area (Å²) >= 11 is 5.52. The van der Waals surface area contributed by atoms with Crippen molar-refractivity contribution in [3.8, 4) is 0 Å². The topological polar surface area (TPSA) is 30.0 Å². The second-order valence-electron chi connectivity index (χ2n) is 5.10. The quantitative estimate of drug-likeness (QED) is 0.611. The van der Waals surface area contributed by atoms with Crippen LogP contribution in [0.1, 0.15) is 40.4 Å². The van der Waals surface area contributed by atoms with E-state index in [0.29, 0.717) is 12.1 Å². The second-order valence-corrected chi connectivity index (χ2v) is 5.51. The lowest BCUT2D eigenvalue weighted by atomic mass is 9.82. The summed E-state index contributed by atoms with van der Waals surface area (Å²) in [5, 5.41) is -0.328. The molecule has 0 N–H and O–H groups in total. The number of ketones is 1. The number of halogens is 3. The number of pyridine rings is 1. The molecule has 108 valence electrons. The first-order chi connectivity index (χ1) is 10.1. The number of hydrogen-bond donors (Lipinski definition) is 0. The largest absolute Gasteiger partial charge is 0.293 e. The molecule has 0 amide bonds. The second kappa shape index (κ2) is 5.53. The summed E-state index contributed by atoms with van der Waals surface area (Å²) in [6.45, 7) is 0. The number of aromatic nitrogens is 1. The Hall–Kier alpha value is -1.81. The van der Waals surface area contributed by atoms with Gasteiger partial charge in [0.05, 0.1) is 22.2 Å². The number of benzene rings is 1. The van der Waals surface area contributed by atoms with E-state index >= 15 is 0 Å². The van der Waals surface area contributed by atoms with Gasteiger partial charge in [-0.3, -0.25) is 9.78 Å². The van der Waals surface area contributed by atoms with E-state index in [2.05, 4.69) is 4.98 Å². The zero-order chi connectivity index (χ0) is 15.0. The van der Waals surface area contributed by atoms with Crippen LogP contribution in [-0.4, -0.2) is 10.8 Å². The zero-order valence-electron chi connectivity index (χ0n) is 11.1. The van der Waals surface area contributed by atoms with Gasteiger partial charge in [-0.2, -0.15) is 0 Å². The van der Waals surface area contributed by atoms with Crippen molar-refractivity contribution in [1.29, 1.82) is 0 Å². The predicted octanol–water partition coefficient (Wildman–Crippen LogP) is 4.32. The molecule has 3 rings (SSSR count). The molecule has 1 aliphatic rings. The minimum absolute atomic E-state index is 0.264. The summed E-state index contributed by atoms with van der Waals surface area (Å²) < 4.78 is 27.4. The summed E-state index contributed by atoms with van der Waals surface area (Å²) in [6, 6.07) is 5.44. The fraction of sp³-hybridized carbons (Fsp3) is 0.250. The Bertz CT molecular complexity index is 717. The van der Waals surface area contributed by atoms with Gasteiger partial charge in [-0.15, -0.1) is 0 Å². The van der Waals surface area contributed by atoms with Crippen LogP contribution in [0.3, 0.4) is 0 Å². The molecule has 0 spiro atoms. The Balaban J connectivity index is 2.03. The smallest absolute Gasteiger partial charge is 0.174 e. The summed E-state index contributed by atoms with van der Waals surface area (Å²) in [6.07, 6.45) is 3.88. The van der Waals surface area contributed by atoms with Gasteiger partial charge in [-0.05, 0) is 43.0 Å². The maximum atomic E-state index is 13.9. The van der Waals surface area contributed by atoms with Crippen molar-refractivity contribution in [2.45, 2.75) is 25.2 Å². The van der Waals surface area contributed by atoms with Crippen LogP contribution in [0.2, 0.25) is 5.02 Å². The third kappa shape index (κ3) is 2.56. The molecule has 0 bridgehead atoms. The SMILES string of the molecule is O=C(c1cc(F)c(Cl)cc1F)C1CCCc2cccnc21. The molecule has 1 aromatic heterocycles. The van der Waals surface area contributed by atoms with E-state index in [9.17, 15) is 13.6 Å². The number of carbonyl (C=O) groups is 1. The van der Waals surface area contributed by atoms with Gasteiger partial charge in [0.2, 0.25) is 0 Å². The first kappa shape index (κ1) is 14.1. The number of carbonyl (C=O) groups excluding carboxylic acids is 1. The van der Waals surface area contributed by atoms with Gasteiger partial charge >= 0.3 is 0 Å². The van der Waals surface area contributed by atoms with Gasteiger partial charge < -0.3 is 0 Å². The first-order valence-corrected chi connectivity index (χ1v) is 7.08. The number of fused-ring (bicyclic) bond motifs is 1. The van der Waals surface area contributed by atoms with Gasteiger partial charge in [0, 0.05) is 6.20 Å². The van der Waals surface area contributed by atoms with Crippen molar-refractivity contribution in [2.75, 3.05) is 0 Å². The number of aryl methyl sites for hydroxylation is 1. The maximum Gasteiger partial charge on any atom is 0.174 e. The van der Waals surface area contributed by atoms with E-state index < -0.39 is 23.3 Å². The van der Waals surface area contributed by atoms with Crippen LogP contribution < -0.4 is 0 Å². The first-order valence-electron chi connectivity index (χ1n) is 6.70. The van der Waals surface area contributed by atoms with Crippen LogP contribution in [0.5, 0.6) is 0 Å². The highest BCUT2D eigenvalue weighted by atomic mass is 35.5. The van der Waals surface area contributed by atoms with Crippen LogP contribution in [0.4, 0.5) is 8.78 Å². The molecule has 1 heterocycles. The van der Waals surface area contributed by atoms with Crippen LogP contribution in [0, 0.1) is 11.6 Å². The number of hydrogen-bond acceptors (Lipinski definition) is 2. The van der Waals surface area contributed by atoms with E-state index in [0.717, 1.165) is 30.5 Å². The predicted molar refractivity (Wildman–Crippen MR) is 75.6 cm³/mol. The van der Waals surface area contributed by atoms with E-state index in [1.165, 1.54) is 0 Å². The standard InChI is InChI=1S/C16H12ClF2NO/c17-12-8-13(18)11(7-14(12)19)16(21)10-5-1-3-9-4-2-6-20-15(9)10/h2,4,6-8,10H,1,3,5H2. The summed E-state index contributed by atoms with van der Waals surface area (Å²) in [4.78, 5) is 16.8. The van der Waals surface area contributed by atoms with Crippen molar-refractivity contribution >= 4 is 17.4 Å². The minimum atomic E-state index is -0.797. The highest BCUT2D eigenvalue weighted by Gasteiger charge is 2.30. The fourth-order valence-electron chi connectivity index (χ4n) is 2.76. The number of rotatable bonds is 2. The molecule has 1 unspecified atom stereocenters. The van der Waals surface area contributed by atoms with Gasteiger partial charge in [0.15, 0.2) is 5.78 Å². The third-order valence-electron chi connectivity index (χ3n) is 3.79. The van der Waals surface area contributed by atoms with Crippen LogP contribution in [0.25, 0.3) is 0 Å². The lowest BCUT2D eigenvalue weighted by Gasteiger charge is -2.23. The monoisotopic (exact) mass is 307 g/mol. The van der Waals surface area contributed by atoms with Crippen molar-refractivity contribution in [3.63, 3.8) is 0 Å². The summed E-state index contributed by atoms with van der Waals surface area (Å²) in [5.41, 5.74) is 1.40. The molecule has 1 aromatic carbocycles. The normalized spacial score (nSPS) is 17.4. The Morgan fingerprint density at radius 1 is 1.29 bits per heavy atom. The molecule has 1 atom stereocenters. The summed E-state index contributed by atoms with van der Waals surface area (Å²) in [5.74, 6) is -2.55. The minimum Gasteiger partial charge on any atom is -0.293 e. The molecule has 0 radical (unpaired) electrons. The molecule has 5 heteroatoms. The van der Waals surface area contributed by atoms with E-state index in [4.69, 9.17) is 11.6 Å². The fourth-order valence-corrected chi connectivity index (χ4v) is 2.91. The van der Waals surface area contributed by atoms with Gasteiger partial charge in [-0.25, -0.2) is 8.78 Å². The van der Waals surface area contributed by atoms with E-state index in [1.807, 2.05) is 12.1 Å². The Morgan fingerprint density at radius 3 is 2.90 bits per heavy atom. The zero-order valence-corrected chi connectivity index (χ0v) is 11.8. The van der Waals surface area contributed by atoms with Crippen molar-refractivity contribution in [3.05, 3.63) is 63.9 Å². The molecule has 0 fully saturated rings. The highest BCUT2D eigenvalue weighted by Crippen LogP contribution is 2.33. The average Bonchev–Trinajstić information content (AvgIpc) is 2.49. The van der Waals surface area contributed by atoms with Crippen molar-refractivity contribution < 1.29 is 13.6 Å². The molecule has 21 heavy (non-hydrogen) atoms. The van der Waals surface area contributed by atoms with Crippen LogP contribution in [0.15, 0.2) is 30.5 Å². The lowest BCUT2D eigenvalue weighted by molar-refractivity contribution is 0.0944. The Kier molecular flexibility index (Phi) is 3.72. The molecule has 2 aromatic rings. The third-order valence-corrected chi connectivity index (χ3v) is 4.08. The highest BCUT2D eigenvalue weighted by molar-refractivity contribution is 6.30. The van der Waals surface area contributed by atoms with Gasteiger partial charge in [-0.1, -0.05) is 17.7 Å². The van der Waals surface area contributed by atoms with Crippen molar-refractivity contribution in [2.24, 2.45) is 0 Å². The molecule has 0 saturated heterocycles. The van der Waals surface area contributed by atoms with Gasteiger partial charge in [0.25, 0.3) is 0 Å². The van der Waals surface area contributed by atoms with Crippen molar-refractivity contribution in [1.82, 2.24) is 4.98 Å². The Labute approximate surface area is 125 Å². The molecular weight excluding hydrogens is 296 g/mol. The molecule has 0 aliphatic heterocycles.